The van der Waals surface area contributed by atoms with Gasteiger partial charge in [-0.25, -0.2) is 14.0 Å². The molecule has 2 heterocycles. The molecule has 2 aromatic carbocycles. The predicted molar refractivity (Wildman–Crippen MR) is 170 cm³/mol. The molecule has 0 fully saturated rings. The lowest BCUT2D eigenvalue weighted by molar-refractivity contribution is -0.115. The number of halogens is 1. The topological polar surface area (TPSA) is 151 Å². The molecule has 0 aliphatic carbocycles. The van der Waals surface area contributed by atoms with E-state index in [2.05, 4.69) is 20.8 Å². The van der Waals surface area contributed by atoms with Crippen LogP contribution >= 0.6 is 23.1 Å². The number of nitrogens with one attached hydrogen (secondary N) is 2. The fourth-order valence-electron chi connectivity index (χ4n) is 4.31. The largest absolute Gasteiger partial charge is 0.495 e. The summed E-state index contributed by atoms with van der Waals surface area (Å²) in [4.78, 5) is 51.7. The van der Waals surface area contributed by atoms with Crippen LogP contribution in [0.4, 0.5) is 9.39 Å². The SMILES string of the molecule is CCOC(=O)c1sc(NC(=O)C(C)Sc2nnc(CNC(=O)c3cccc(F)c3)n2-c2ccccc2OC)c(C(=O)OCC)c1C. The van der Waals surface area contributed by atoms with Crippen LogP contribution in [0.5, 0.6) is 5.75 Å². The minimum absolute atomic E-state index is 0.0739. The number of nitrogens with zero attached hydrogens (tertiary/aromatic N) is 3. The van der Waals surface area contributed by atoms with Gasteiger partial charge >= 0.3 is 11.9 Å². The summed E-state index contributed by atoms with van der Waals surface area (Å²) in [7, 11) is 1.51. The van der Waals surface area contributed by atoms with Gasteiger partial charge in [0.05, 0.1) is 43.4 Å². The standard InChI is InChI=1S/C31H32FN5O7S2/c1-6-43-29(40)24-17(3)25(30(41)44-7-2)46-28(24)34-26(38)18(4)45-31-36-35-23(37(31)21-13-8-9-14-22(21)42-5)16-33-27(39)19-11-10-12-20(32)15-19/h8-15,18H,6-7,16H2,1-5H3,(H,33,39)(H,34,38). The normalized spacial score (nSPS) is 11.4. The zero-order valence-corrected chi connectivity index (χ0v) is 27.3. The van der Waals surface area contributed by atoms with Gasteiger partial charge in [-0.2, -0.15) is 0 Å². The molecular weight excluding hydrogens is 638 g/mol. The molecule has 4 rings (SSSR count). The van der Waals surface area contributed by atoms with Crippen molar-refractivity contribution in [2.45, 2.75) is 44.6 Å². The van der Waals surface area contributed by atoms with Crippen molar-refractivity contribution in [1.82, 2.24) is 20.1 Å². The van der Waals surface area contributed by atoms with Crippen molar-refractivity contribution in [1.29, 1.82) is 0 Å². The van der Waals surface area contributed by atoms with Crippen LogP contribution in [0.2, 0.25) is 0 Å². The van der Waals surface area contributed by atoms with E-state index in [4.69, 9.17) is 14.2 Å². The second kappa shape index (κ2) is 15.5. The third-order valence-electron chi connectivity index (χ3n) is 6.50. The molecule has 12 nitrogen and oxygen atoms in total. The second-order valence-electron chi connectivity index (χ2n) is 9.55. The first-order valence-corrected chi connectivity index (χ1v) is 15.9. The molecule has 2 aromatic heterocycles. The molecule has 0 saturated heterocycles. The molecule has 0 aliphatic rings. The summed E-state index contributed by atoms with van der Waals surface area (Å²) in [6, 6.07) is 12.4. The molecule has 0 radical (unpaired) electrons. The molecule has 1 unspecified atom stereocenters. The zero-order valence-electron chi connectivity index (χ0n) is 25.7. The Morgan fingerprint density at radius 2 is 1.74 bits per heavy atom. The number of hydrogen-bond donors (Lipinski definition) is 2. The number of esters is 2. The third kappa shape index (κ3) is 7.72. The van der Waals surface area contributed by atoms with Gasteiger partial charge in [-0.05, 0) is 63.6 Å². The molecule has 2 N–H and O–H groups in total. The summed E-state index contributed by atoms with van der Waals surface area (Å²) in [5, 5.41) is 13.7. The van der Waals surface area contributed by atoms with Gasteiger partial charge in [-0.1, -0.05) is 30.0 Å². The first-order chi connectivity index (χ1) is 22.1. The number of thioether (sulfide) groups is 1. The molecule has 0 saturated carbocycles. The lowest BCUT2D eigenvalue weighted by Crippen LogP contribution is -2.25. The molecule has 4 aromatic rings. The minimum Gasteiger partial charge on any atom is -0.495 e. The van der Waals surface area contributed by atoms with Crippen molar-refractivity contribution in [3.05, 3.63) is 81.7 Å². The predicted octanol–water partition coefficient (Wildman–Crippen LogP) is 5.19. The summed E-state index contributed by atoms with van der Waals surface area (Å²) in [5.74, 6) is -2.02. The van der Waals surface area contributed by atoms with E-state index in [0.717, 1.165) is 29.2 Å². The van der Waals surface area contributed by atoms with Gasteiger partial charge in [-0.3, -0.25) is 14.2 Å². The van der Waals surface area contributed by atoms with E-state index in [1.807, 2.05) is 0 Å². The number of hydrogen-bond acceptors (Lipinski definition) is 11. The highest BCUT2D eigenvalue weighted by molar-refractivity contribution is 8.00. The van der Waals surface area contributed by atoms with Gasteiger partial charge in [0.25, 0.3) is 5.91 Å². The summed E-state index contributed by atoms with van der Waals surface area (Å²) in [6.07, 6.45) is 0. The molecule has 0 aliphatic heterocycles. The number of rotatable bonds is 13. The highest BCUT2D eigenvalue weighted by Gasteiger charge is 2.29. The average molecular weight is 670 g/mol. The minimum atomic E-state index is -0.782. The summed E-state index contributed by atoms with van der Waals surface area (Å²) in [6.45, 7) is 6.73. The summed E-state index contributed by atoms with van der Waals surface area (Å²) in [5.41, 5.74) is 1.12. The smallest absolute Gasteiger partial charge is 0.348 e. The van der Waals surface area contributed by atoms with E-state index in [-0.39, 0.29) is 40.8 Å². The van der Waals surface area contributed by atoms with E-state index in [9.17, 15) is 23.6 Å². The van der Waals surface area contributed by atoms with Gasteiger partial charge < -0.3 is 24.8 Å². The van der Waals surface area contributed by atoms with Crippen molar-refractivity contribution in [2.75, 3.05) is 25.6 Å². The Hall–Kier alpha value is -4.76. The summed E-state index contributed by atoms with van der Waals surface area (Å²) < 4.78 is 31.2. The fraction of sp³-hybridized carbons (Fsp3) is 0.290. The quantitative estimate of drug-likeness (QED) is 0.144. The number of amides is 2. The van der Waals surface area contributed by atoms with Crippen LogP contribution in [0.25, 0.3) is 5.69 Å². The van der Waals surface area contributed by atoms with Gasteiger partial charge in [0.15, 0.2) is 11.0 Å². The highest BCUT2D eigenvalue weighted by atomic mass is 32.2. The maximum absolute atomic E-state index is 13.7. The molecule has 2 amide bonds. The molecular formula is C31H32FN5O7S2. The molecule has 1 atom stereocenters. The molecule has 0 bridgehead atoms. The van der Waals surface area contributed by atoms with Gasteiger partial charge in [0.2, 0.25) is 5.91 Å². The second-order valence-corrected chi connectivity index (χ2v) is 11.9. The number of anilines is 1. The first-order valence-electron chi connectivity index (χ1n) is 14.2. The van der Waals surface area contributed by atoms with E-state index in [1.165, 1.54) is 25.3 Å². The maximum atomic E-state index is 13.7. The van der Waals surface area contributed by atoms with Crippen LogP contribution in [0, 0.1) is 12.7 Å². The number of carbonyl (C=O) groups excluding carboxylic acids is 4. The van der Waals surface area contributed by atoms with Crippen LogP contribution in [0.15, 0.2) is 53.7 Å². The number of methoxy groups -OCH3 is 1. The van der Waals surface area contributed by atoms with Crippen molar-refractivity contribution < 1.29 is 37.8 Å². The van der Waals surface area contributed by atoms with Gasteiger partial charge in [0, 0.05) is 5.56 Å². The van der Waals surface area contributed by atoms with E-state index < -0.39 is 34.8 Å². The van der Waals surface area contributed by atoms with E-state index >= 15 is 0 Å². The molecule has 15 heteroatoms. The fourth-order valence-corrected chi connectivity index (χ4v) is 6.28. The highest BCUT2D eigenvalue weighted by Crippen LogP contribution is 2.36. The van der Waals surface area contributed by atoms with Gasteiger partial charge in [0.1, 0.15) is 21.4 Å². The van der Waals surface area contributed by atoms with Crippen molar-refractivity contribution in [2.24, 2.45) is 0 Å². The van der Waals surface area contributed by atoms with E-state index in [0.29, 0.717) is 28.0 Å². The van der Waals surface area contributed by atoms with Crippen LogP contribution in [-0.2, 0) is 20.8 Å². The number of benzene rings is 2. The van der Waals surface area contributed by atoms with Gasteiger partial charge in [-0.15, -0.1) is 21.5 Å². The lowest BCUT2D eigenvalue weighted by atomic mass is 10.1. The first kappa shape index (κ1) is 34.1. The molecule has 46 heavy (non-hydrogen) atoms. The number of ether oxygens (including phenoxy) is 3. The monoisotopic (exact) mass is 669 g/mol. The summed E-state index contributed by atoms with van der Waals surface area (Å²) >= 11 is 2.00. The Morgan fingerprint density at radius 1 is 1.02 bits per heavy atom. The van der Waals surface area contributed by atoms with Crippen LogP contribution in [0.3, 0.4) is 0 Å². The van der Waals surface area contributed by atoms with Crippen molar-refractivity contribution >= 4 is 51.9 Å². The van der Waals surface area contributed by atoms with Crippen LogP contribution < -0.4 is 15.4 Å². The van der Waals surface area contributed by atoms with Crippen LogP contribution in [0.1, 0.15) is 62.5 Å². The maximum Gasteiger partial charge on any atom is 0.348 e. The average Bonchev–Trinajstić information content (AvgIpc) is 3.59. The Balaban J connectivity index is 1.62. The number of aromatic nitrogens is 3. The molecule has 242 valence electrons. The van der Waals surface area contributed by atoms with Crippen LogP contribution in [-0.4, -0.2) is 64.1 Å². The third-order valence-corrected chi connectivity index (χ3v) is 8.73. The number of para-hydroxylation sites is 2. The lowest BCUT2D eigenvalue weighted by Gasteiger charge is -2.16. The number of thiophene rings is 1. The Morgan fingerprint density at radius 3 is 2.43 bits per heavy atom. The molecule has 0 spiro atoms. The van der Waals surface area contributed by atoms with Crippen molar-refractivity contribution in [3.63, 3.8) is 0 Å². The Kier molecular flexibility index (Phi) is 11.5. The number of carbonyl (C=O) groups is 4. The Labute approximate surface area is 272 Å². The Bertz CT molecular complexity index is 1760. The van der Waals surface area contributed by atoms with Crippen molar-refractivity contribution in [3.8, 4) is 11.4 Å². The van der Waals surface area contributed by atoms with E-state index in [1.54, 1.807) is 56.5 Å². The zero-order chi connectivity index (χ0) is 33.4.